The van der Waals surface area contributed by atoms with Crippen LogP contribution in [-0.4, -0.2) is 54.2 Å². The number of rotatable bonds is 4. The van der Waals surface area contributed by atoms with Crippen molar-refractivity contribution in [2.75, 3.05) is 25.4 Å². The molecular weight excluding hydrogens is 376 g/mol. The zero-order valence-electron chi connectivity index (χ0n) is 14.8. The third-order valence-electron chi connectivity index (χ3n) is 4.50. The van der Waals surface area contributed by atoms with Crippen LogP contribution in [0.1, 0.15) is 29.1 Å². The van der Waals surface area contributed by atoms with E-state index in [4.69, 9.17) is 0 Å². The number of aryl methyl sites for hydroxylation is 1. The summed E-state index contributed by atoms with van der Waals surface area (Å²) >= 11 is 0. The van der Waals surface area contributed by atoms with Crippen molar-refractivity contribution >= 4 is 28.2 Å². The lowest BCUT2D eigenvalue weighted by Crippen LogP contribution is -2.49. The molecule has 1 aliphatic heterocycles. The minimum absolute atomic E-state index is 0. The van der Waals surface area contributed by atoms with Gasteiger partial charge in [-0.1, -0.05) is 6.92 Å². The number of nitrogens with zero attached hydrogens (tertiary/aromatic N) is 3. The number of imidazole rings is 1. The van der Waals surface area contributed by atoms with Gasteiger partial charge in [-0.25, -0.2) is 13.4 Å². The summed E-state index contributed by atoms with van der Waals surface area (Å²) in [5.41, 5.74) is 0.483. The molecule has 0 radical (unpaired) electrons. The first kappa shape index (κ1) is 20.4. The molecule has 9 heteroatoms. The van der Waals surface area contributed by atoms with Crippen LogP contribution in [0.25, 0.3) is 0 Å². The quantitative estimate of drug-likeness (QED) is 0.842. The molecule has 0 aliphatic carbocycles. The summed E-state index contributed by atoms with van der Waals surface area (Å²) in [5.74, 6) is 0.750. The predicted molar refractivity (Wildman–Crippen MR) is 101 cm³/mol. The first-order valence-electron chi connectivity index (χ1n) is 8.25. The zero-order valence-corrected chi connectivity index (χ0v) is 16.4. The molecule has 1 amide bonds. The Labute approximate surface area is 159 Å². The van der Waals surface area contributed by atoms with E-state index in [1.54, 1.807) is 30.2 Å². The highest BCUT2D eigenvalue weighted by atomic mass is 35.5. The van der Waals surface area contributed by atoms with E-state index in [9.17, 15) is 13.2 Å². The first-order valence-corrected chi connectivity index (χ1v) is 9.91. The van der Waals surface area contributed by atoms with Gasteiger partial charge in [0, 0.05) is 44.6 Å². The van der Waals surface area contributed by atoms with Gasteiger partial charge in [0.05, 0.1) is 10.6 Å². The van der Waals surface area contributed by atoms with Crippen LogP contribution in [0.15, 0.2) is 41.6 Å². The Balaban J connectivity index is 0.00000243. The van der Waals surface area contributed by atoms with E-state index < -0.39 is 9.84 Å². The minimum atomic E-state index is -3.27. The van der Waals surface area contributed by atoms with Crippen LogP contribution in [0.5, 0.6) is 0 Å². The number of piperazine rings is 1. The van der Waals surface area contributed by atoms with Crippen molar-refractivity contribution in [1.82, 2.24) is 19.8 Å². The highest BCUT2D eigenvalue weighted by Gasteiger charge is 2.31. The summed E-state index contributed by atoms with van der Waals surface area (Å²) in [4.78, 5) is 19.4. The molecule has 1 aliphatic rings. The summed E-state index contributed by atoms with van der Waals surface area (Å²) in [7, 11) is -1.36. The van der Waals surface area contributed by atoms with Crippen molar-refractivity contribution in [3.8, 4) is 0 Å². The number of carbonyl (C=O) groups is 1. The molecule has 26 heavy (non-hydrogen) atoms. The maximum Gasteiger partial charge on any atom is 0.254 e. The van der Waals surface area contributed by atoms with E-state index in [1.165, 1.54) is 12.1 Å². The van der Waals surface area contributed by atoms with E-state index >= 15 is 0 Å². The molecule has 1 saturated heterocycles. The van der Waals surface area contributed by atoms with E-state index in [1.807, 2.05) is 17.8 Å². The topological polar surface area (TPSA) is 84.3 Å². The largest absolute Gasteiger partial charge is 0.336 e. The molecule has 1 N–H and O–H groups in total. The number of hydrogen-bond acceptors (Lipinski definition) is 5. The molecule has 1 atom stereocenters. The van der Waals surface area contributed by atoms with E-state index in [0.29, 0.717) is 18.7 Å². The number of amides is 1. The Bertz CT molecular complexity index is 864. The van der Waals surface area contributed by atoms with Gasteiger partial charge in [-0.2, -0.15) is 0 Å². The lowest BCUT2D eigenvalue weighted by Gasteiger charge is -2.35. The second-order valence-electron chi connectivity index (χ2n) is 6.04. The highest BCUT2D eigenvalue weighted by molar-refractivity contribution is 7.91. The van der Waals surface area contributed by atoms with E-state index in [2.05, 4.69) is 10.3 Å². The van der Waals surface area contributed by atoms with E-state index in [0.717, 1.165) is 12.4 Å². The number of halogens is 1. The van der Waals surface area contributed by atoms with Crippen molar-refractivity contribution < 1.29 is 13.2 Å². The van der Waals surface area contributed by atoms with Gasteiger partial charge in [0.1, 0.15) is 11.9 Å². The van der Waals surface area contributed by atoms with Crippen LogP contribution in [0.4, 0.5) is 0 Å². The fourth-order valence-electron chi connectivity index (χ4n) is 3.01. The molecule has 0 spiro atoms. The van der Waals surface area contributed by atoms with Crippen LogP contribution in [0.2, 0.25) is 0 Å². The maximum absolute atomic E-state index is 13.0. The minimum Gasteiger partial charge on any atom is -0.336 e. The summed E-state index contributed by atoms with van der Waals surface area (Å²) in [5, 5.41) is 3.30. The Morgan fingerprint density at radius 2 is 2.00 bits per heavy atom. The Hall–Kier alpha value is -1.90. The predicted octanol–water partition coefficient (Wildman–Crippen LogP) is 1.42. The average molecular weight is 399 g/mol. The number of carbonyl (C=O) groups excluding carboxylic acids is 1. The smallest absolute Gasteiger partial charge is 0.254 e. The number of aromatic nitrogens is 2. The van der Waals surface area contributed by atoms with Gasteiger partial charge in [0.25, 0.3) is 5.91 Å². The van der Waals surface area contributed by atoms with Crippen molar-refractivity contribution in [2.24, 2.45) is 7.05 Å². The molecular formula is C17H23ClN4O3S. The number of benzene rings is 1. The third kappa shape index (κ3) is 3.92. The Morgan fingerprint density at radius 3 is 2.58 bits per heavy atom. The molecule has 0 bridgehead atoms. The lowest BCUT2D eigenvalue weighted by atomic mass is 10.1. The number of hydrogen-bond donors (Lipinski definition) is 1. The summed E-state index contributed by atoms with van der Waals surface area (Å²) in [6.45, 7) is 3.53. The fraction of sp³-hybridized carbons (Fsp3) is 0.412. The van der Waals surface area contributed by atoms with Gasteiger partial charge < -0.3 is 14.8 Å². The van der Waals surface area contributed by atoms with Crippen LogP contribution in [0.3, 0.4) is 0 Å². The maximum atomic E-state index is 13.0. The van der Waals surface area contributed by atoms with Crippen molar-refractivity contribution in [1.29, 1.82) is 0 Å². The summed E-state index contributed by atoms with van der Waals surface area (Å²) in [6, 6.07) is 6.03. The molecule has 142 valence electrons. The van der Waals surface area contributed by atoms with Gasteiger partial charge in [-0.15, -0.1) is 12.4 Å². The number of nitrogens with one attached hydrogen (secondary N) is 1. The van der Waals surface area contributed by atoms with Crippen LogP contribution < -0.4 is 5.32 Å². The highest BCUT2D eigenvalue weighted by Crippen LogP contribution is 2.23. The van der Waals surface area contributed by atoms with Crippen LogP contribution in [0, 0.1) is 0 Å². The van der Waals surface area contributed by atoms with Gasteiger partial charge in [0.15, 0.2) is 9.84 Å². The second-order valence-corrected chi connectivity index (χ2v) is 8.32. The van der Waals surface area contributed by atoms with Crippen LogP contribution in [-0.2, 0) is 16.9 Å². The van der Waals surface area contributed by atoms with Gasteiger partial charge in [-0.3, -0.25) is 4.79 Å². The monoisotopic (exact) mass is 398 g/mol. The third-order valence-corrected chi connectivity index (χ3v) is 6.25. The Kier molecular flexibility index (Phi) is 6.44. The molecule has 2 aromatic rings. The molecule has 3 rings (SSSR count). The van der Waals surface area contributed by atoms with Gasteiger partial charge in [0.2, 0.25) is 0 Å². The average Bonchev–Trinajstić information content (AvgIpc) is 3.07. The lowest BCUT2D eigenvalue weighted by molar-refractivity contribution is 0.0621. The molecule has 7 nitrogen and oxygen atoms in total. The fourth-order valence-corrected chi connectivity index (χ4v) is 3.90. The van der Waals surface area contributed by atoms with Crippen molar-refractivity contribution in [2.45, 2.75) is 17.9 Å². The normalized spacial score (nSPS) is 17.6. The zero-order chi connectivity index (χ0) is 18.0. The molecule has 1 aromatic heterocycles. The van der Waals surface area contributed by atoms with Gasteiger partial charge >= 0.3 is 0 Å². The molecule has 1 aromatic carbocycles. The molecule has 1 unspecified atom stereocenters. The molecule has 2 heterocycles. The first-order chi connectivity index (χ1) is 11.9. The van der Waals surface area contributed by atoms with Crippen molar-refractivity contribution in [3.63, 3.8) is 0 Å². The summed E-state index contributed by atoms with van der Waals surface area (Å²) in [6.07, 6.45) is 3.58. The van der Waals surface area contributed by atoms with Crippen molar-refractivity contribution in [3.05, 3.63) is 48.0 Å². The SMILES string of the molecule is CCS(=O)(=O)c1ccc(C(=O)N2CCNCC2c2nccn2C)cc1.Cl. The summed E-state index contributed by atoms with van der Waals surface area (Å²) < 4.78 is 25.7. The second kappa shape index (κ2) is 8.20. The Morgan fingerprint density at radius 1 is 1.31 bits per heavy atom. The molecule has 1 fully saturated rings. The standard InChI is InChI=1S/C17H22N4O3S.ClH/c1-3-25(23,24)14-6-4-13(5-7-14)17(22)21-11-8-18-12-15(21)16-19-9-10-20(16)2;/h4-7,9-10,15,18H,3,8,11-12H2,1-2H3;1H. The number of sulfone groups is 1. The van der Waals surface area contributed by atoms with E-state index in [-0.39, 0.29) is 35.0 Å². The van der Waals surface area contributed by atoms with Gasteiger partial charge in [-0.05, 0) is 24.3 Å². The van der Waals surface area contributed by atoms with Crippen LogP contribution >= 0.6 is 12.4 Å². The molecule has 0 saturated carbocycles.